The van der Waals surface area contributed by atoms with E-state index in [2.05, 4.69) is 25.9 Å². The van der Waals surface area contributed by atoms with Crippen LogP contribution in [0.2, 0.25) is 10.3 Å². The second-order valence-electron chi connectivity index (χ2n) is 3.80. The maximum absolute atomic E-state index is 6.10. The van der Waals surface area contributed by atoms with Gasteiger partial charge in [0.05, 0.1) is 0 Å². The first-order chi connectivity index (χ1) is 7.99. The minimum atomic E-state index is 0.174. The van der Waals surface area contributed by atoms with Gasteiger partial charge in [-0.2, -0.15) is 0 Å². The molecular weight excluding hydrogens is 327 g/mol. The van der Waals surface area contributed by atoms with Gasteiger partial charge in [0.2, 0.25) is 0 Å². The molecule has 2 rings (SSSR count). The van der Waals surface area contributed by atoms with Gasteiger partial charge in [-0.3, -0.25) is 0 Å². The zero-order valence-electron chi connectivity index (χ0n) is 9.17. The molecule has 6 heteroatoms. The van der Waals surface area contributed by atoms with Crippen molar-refractivity contribution in [1.29, 1.82) is 0 Å². The lowest BCUT2D eigenvalue weighted by atomic mass is 10.1. The van der Waals surface area contributed by atoms with Gasteiger partial charge >= 0.3 is 0 Å². The summed E-state index contributed by atoms with van der Waals surface area (Å²) in [4.78, 5) is 8.39. The van der Waals surface area contributed by atoms with E-state index in [1.165, 1.54) is 0 Å². The van der Waals surface area contributed by atoms with Gasteiger partial charge < -0.3 is 4.42 Å². The van der Waals surface area contributed by atoms with E-state index in [1.54, 1.807) is 12.1 Å². The van der Waals surface area contributed by atoms with E-state index >= 15 is 0 Å². The molecule has 3 nitrogen and oxygen atoms in total. The molecule has 2 aromatic heterocycles. The van der Waals surface area contributed by atoms with Crippen LogP contribution in [-0.4, -0.2) is 9.97 Å². The van der Waals surface area contributed by atoms with Crippen LogP contribution in [-0.2, 0) is 0 Å². The number of rotatable bonds is 2. The Labute approximate surface area is 117 Å². The average molecular weight is 336 g/mol. The second-order valence-corrected chi connectivity index (χ2v) is 5.30. The zero-order valence-corrected chi connectivity index (χ0v) is 12.3. The normalized spacial score (nSPS) is 11.2. The summed E-state index contributed by atoms with van der Waals surface area (Å²) >= 11 is 15.4. The number of hydrogen-bond donors (Lipinski definition) is 0. The Bertz CT molecular complexity index is 531. The third kappa shape index (κ3) is 2.64. The minimum absolute atomic E-state index is 0.174. The fraction of sp³-hybridized carbons (Fsp3) is 0.273. The molecule has 2 heterocycles. The van der Waals surface area contributed by atoms with E-state index in [-0.39, 0.29) is 5.92 Å². The van der Waals surface area contributed by atoms with Crippen LogP contribution in [0.1, 0.15) is 25.3 Å². The molecule has 0 unspecified atom stereocenters. The highest BCUT2D eigenvalue weighted by atomic mass is 79.9. The number of furan rings is 1. The largest absolute Gasteiger partial charge is 0.446 e. The molecule has 90 valence electrons. The molecule has 17 heavy (non-hydrogen) atoms. The summed E-state index contributed by atoms with van der Waals surface area (Å²) in [5.41, 5.74) is 0.753. The van der Waals surface area contributed by atoms with Crippen molar-refractivity contribution >= 4 is 39.1 Å². The molecule has 2 aromatic rings. The van der Waals surface area contributed by atoms with Crippen molar-refractivity contribution in [2.24, 2.45) is 0 Å². The number of hydrogen-bond acceptors (Lipinski definition) is 3. The molecule has 0 radical (unpaired) electrons. The number of nitrogens with zero attached hydrogens (tertiary/aromatic N) is 2. The van der Waals surface area contributed by atoms with Crippen LogP contribution in [0.15, 0.2) is 21.2 Å². The third-order valence-corrected chi connectivity index (χ3v) is 3.23. The lowest BCUT2D eigenvalue weighted by molar-refractivity contribution is 0.551. The summed E-state index contributed by atoms with van der Waals surface area (Å²) in [6, 6.07) is 3.51. The van der Waals surface area contributed by atoms with E-state index in [0.29, 0.717) is 26.6 Å². The molecule has 0 aliphatic heterocycles. The van der Waals surface area contributed by atoms with Crippen LogP contribution >= 0.6 is 39.1 Å². The molecule has 0 N–H and O–H groups in total. The quantitative estimate of drug-likeness (QED) is 0.730. The Hall–Kier alpha value is -0.580. The highest BCUT2D eigenvalue weighted by Gasteiger charge is 2.16. The Morgan fingerprint density at radius 2 is 1.76 bits per heavy atom. The molecule has 0 aliphatic carbocycles. The molecule has 0 spiro atoms. The predicted octanol–water partition coefficient (Wildman–Crippen LogP) is 4.93. The first-order valence-electron chi connectivity index (χ1n) is 4.97. The summed E-state index contributed by atoms with van der Waals surface area (Å²) in [7, 11) is 0. The van der Waals surface area contributed by atoms with Crippen molar-refractivity contribution < 1.29 is 4.42 Å². The lowest BCUT2D eigenvalue weighted by Gasteiger charge is -2.09. The van der Waals surface area contributed by atoms with E-state index in [9.17, 15) is 0 Å². The van der Waals surface area contributed by atoms with Crippen LogP contribution in [0.25, 0.3) is 11.6 Å². The Morgan fingerprint density at radius 3 is 2.18 bits per heavy atom. The summed E-state index contributed by atoms with van der Waals surface area (Å²) in [6.07, 6.45) is 0. The maximum Gasteiger partial charge on any atom is 0.198 e. The van der Waals surface area contributed by atoms with Gasteiger partial charge in [-0.25, -0.2) is 9.97 Å². The third-order valence-electron chi connectivity index (χ3n) is 2.22. The molecular formula is C11H9BrCl2N2O. The summed E-state index contributed by atoms with van der Waals surface area (Å²) in [5, 5.41) is 0.727. The van der Waals surface area contributed by atoms with Gasteiger partial charge in [0.1, 0.15) is 10.3 Å². The smallest absolute Gasteiger partial charge is 0.198 e. The summed E-state index contributed by atoms with van der Waals surface area (Å²) in [5.74, 6) is 1.08. The molecule has 0 saturated carbocycles. The zero-order chi connectivity index (χ0) is 12.6. The molecule has 0 bridgehead atoms. The van der Waals surface area contributed by atoms with Crippen LogP contribution < -0.4 is 0 Å². The van der Waals surface area contributed by atoms with Gasteiger partial charge in [-0.1, -0.05) is 37.0 Å². The van der Waals surface area contributed by atoms with Crippen molar-refractivity contribution in [3.63, 3.8) is 0 Å². The molecule has 0 aliphatic rings. The van der Waals surface area contributed by atoms with Gasteiger partial charge in [-0.15, -0.1) is 0 Å². The van der Waals surface area contributed by atoms with Crippen LogP contribution in [0.3, 0.4) is 0 Å². The van der Waals surface area contributed by atoms with E-state index in [4.69, 9.17) is 27.6 Å². The first kappa shape index (κ1) is 12.9. The van der Waals surface area contributed by atoms with Gasteiger partial charge in [-0.05, 0) is 34.0 Å². The highest BCUT2D eigenvalue weighted by molar-refractivity contribution is 9.10. The van der Waals surface area contributed by atoms with Crippen LogP contribution in [0, 0.1) is 0 Å². The summed E-state index contributed by atoms with van der Waals surface area (Å²) < 4.78 is 5.96. The molecule has 0 amide bonds. The lowest BCUT2D eigenvalue weighted by Crippen LogP contribution is -1.98. The van der Waals surface area contributed by atoms with Gasteiger partial charge in [0.25, 0.3) is 0 Å². The van der Waals surface area contributed by atoms with Crippen molar-refractivity contribution in [3.8, 4) is 11.6 Å². The predicted molar refractivity (Wildman–Crippen MR) is 71.5 cm³/mol. The van der Waals surface area contributed by atoms with Crippen molar-refractivity contribution in [3.05, 3.63) is 32.7 Å². The molecule has 0 saturated heterocycles. The van der Waals surface area contributed by atoms with Gasteiger partial charge in [0.15, 0.2) is 16.3 Å². The second kappa shape index (κ2) is 4.96. The Morgan fingerprint density at radius 1 is 1.18 bits per heavy atom. The fourth-order valence-corrected chi connectivity index (χ4v) is 2.57. The molecule has 0 aromatic carbocycles. The fourth-order valence-electron chi connectivity index (χ4n) is 1.44. The Balaban J connectivity index is 2.52. The van der Waals surface area contributed by atoms with Crippen LogP contribution in [0.4, 0.5) is 0 Å². The minimum Gasteiger partial charge on any atom is -0.446 e. The SMILES string of the molecule is CC(C)c1c(Cl)nc(-c2ccc(Br)o2)nc1Cl. The first-order valence-corrected chi connectivity index (χ1v) is 6.52. The van der Waals surface area contributed by atoms with Crippen molar-refractivity contribution in [2.75, 3.05) is 0 Å². The number of aromatic nitrogens is 2. The Kier molecular flexibility index (Phi) is 3.76. The molecule has 0 fully saturated rings. The standard InChI is InChI=1S/C11H9BrCl2N2O/c1-5(2)8-9(13)15-11(16-10(8)14)6-3-4-7(12)17-6/h3-5H,1-2H3. The van der Waals surface area contributed by atoms with E-state index in [1.807, 2.05) is 13.8 Å². The number of halogens is 3. The van der Waals surface area contributed by atoms with Crippen molar-refractivity contribution in [2.45, 2.75) is 19.8 Å². The average Bonchev–Trinajstić information content (AvgIpc) is 2.63. The van der Waals surface area contributed by atoms with Gasteiger partial charge in [0, 0.05) is 5.56 Å². The topological polar surface area (TPSA) is 38.9 Å². The van der Waals surface area contributed by atoms with Crippen LogP contribution in [0.5, 0.6) is 0 Å². The molecule has 0 atom stereocenters. The van der Waals surface area contributed by atoms with Crippen molar-refractivity contribution in [1.82, 2.24) is 9.97 Å². The van der Waals surface area contributed by atoms with E-state index < -0.39 is 0 Å². The maximum atomic E-state index is 6.10. The monoisotopic (exact) mass is 334 g/mol. The highest BCUT2D eigenvalue weighted by Crippen LogP contribution is 2.31. The van der Waals surface area contributed by atoms with E-state index in [0.717, 1.165) is 5.56 Å². The summed E-state index contributed by atoms with van der Waals surface area (Å²) in [6.45, 7) is 3.97.